The standard InChI is InChI=1S/C25H35N5O3/c1-25(24(32)26-19-9-4-2-3-5-10-19)18-30-21(17-20(27-30)22-11-8-16-33-22)23(31)29(25)15-14-28-12-6-7-13-28/h8,11,16-17,19H,2-7,9-10,12-15,18H2,1H3,(H,26,32). The summed E-state index contributed by atoms with van der Waals surface area (Å²) < 4.78 is 7.19. The third kappa shape index (κ3) is 4.45. The number of fused-ring (bicyclic) bond motifs is 1. The number of nitrogens with zero attached hydrogens (tertiary/aromatic N) is 4. The average Bonchev–Trinajstić information content (AvgIpc) is 3.54. The highest BCUT2D eigenvalue weighted by molar-refractivity contribution is 6.00. The van der Waals surface area contributed by atoms with Gasteiger partial charge in [0.25, 0.3) is 5.91 Å². The van der Waals surface area contributed by atoms with Crippen molar-refractivity contribution in [2.75, 3.05) is 26.2 Å². The Hall–Kier alpha value is -2.61. The zero-order valence-electron chi connectivity index (χ0n) is 19.6. The fourth-order valence-corrected chi connectivity index (χ4v) is 5.55. The van der Waals surface area contributed by atoms with E-state index in [9.17, 15) is 9.59 Å². The Balaban J connectivity index is 1.42. The second-order valence-corrected chi connectivity index (χ2v) is 9.99. The topological polar surface area (TPSA) is 83.6 Å². The van der Waals surface area contributed by atoms with Crippen molar-refractivity contribution in [3.05, 3.63) is 30.2 Å². The molecule has 0 bridgehead atoms. The molecule has 8 heteroatoms. The monoisotopic (exact) mass is 453 g/mol. The van der Waals surface area contributed by atoms with Crippen molar-refractivity contribution in [2.24, 2.45) is 0 Å². The molecular weight excluding hydrogens is 418 g/mol. The molecule has 0 aromatic carbocycles. The van der Waals surface area contributed by atoms with Gasteiger partial charge >= 0.3 is 0 Å². The van der Waals surface area contributed by atoms with Crippen LogP contribution in [0.1, 0.15) is 68.8 Å². The Kier molecular flexibility index (Phi) is 6.27. The number of hydrogen-bond donors (Lipinski definition) is 1. The van der Waals surface area contributed by atoms with Gasteiger partial charge in [-0.05, 0) is 57.8 Å². The average molecular weight is 454 g/mol. The molecule has 2 fully saturated rings. The lowest BCUT2D eigenvalue weighted by atomic mass is 9.94. The highest BCUT2D eigenvalue weighted by atomic mass is 16.3. The molecular formula is C25H35N5O3. The van der Waals surface area contributed by atoms with Crippen molar-refractivity contribution in [3.8, 4) is 11.5 Å². The summed E-state index contributed by atoms with van der Waals surface area (Å²) in [5.74, 6) is 0.423. The number of carbonyl (C=O) groups excluding carboxylic acids is 2. The van der Waals surface area contributed by atoms with Crippen molar-refractivity contribution in [2.45, 2.75) is 76.4 Å². The summed E-state index contributed by atoms with van der Waals surface area (Å²) in [5.41, 5.74) is 0.154. The first kappa shape index (κ1) is 22.2. The van der Waals surface area contributed by atoms with E-state index < -0.39 is 5.54 Å². The van der Waals surface area contributed by atoms with Crippen LogP contribution in [0, 0.1) is 0 Å². The third-order valence-corrected chi connectivity index (χ3v) is 7.59. The quantitative estimate of drug-likeness (QED) is 0.679. The zero-order valence-corrected chi connectivity index (χ0v) is 19.6. The van der Waals surface area contributed by atoms with Crippen LogP contribution in [0.3, 0.4) is 0 Å². The van der Waals surface area contributed by atoms with Gasteiger partial charge < -0.3 is 19.5 Å². The summed E-state index contributed by atoms with van der Waals surface area (Å²) in [5, 5.41) is 7.95. The van der Waals surface area contributed by atoms with Crippen molar-refractivity contribution >= 4 is 11.8 Å². The smallest absolute Gasteiger partial charge is 0.273 e. The van der Waals surface area contributed by atoms with Crippen molar-refractivity contribution in [1.29, 1.82) is 0 Å². The molecule has 1 aliphatic carbocycles. The normalized spacial score (nSPS) is 24.6. The molecule has 0 radical (unpaired) electrons. The number of rotatable bonds is 6. The molecule has 1 unspecified atom stereocenters. The van der Waals surface area contributed by atoms with Gasteiger partial charge in [0.2, 0.25) is 5.91 Å². The molecule has 1 saturated heterocycles. The molecule has 3 aliphatic rings. The molecule has 1 N–H and O–H groups in total. The molecule has 2 aliphatic heterocycles. The lowest BCUT2D eigenvalue weighted by Gasteiger charge is -2.44. The second kappa shape index (κ2) is 9.33. The van der Waals surface area contributed by atoms with Crippen LogP contribution in [0.2, 0.25) is 0 Å². The number of carbonyl (C=O) groups is 2. The minimum atomic E-state index is -0.984. The van der Waals surface area contributed by atoms with Crippen LogP contribution >= 0.6 is 0 Å². The first-order valence-corrected chi connectivity index (χ1v) is 12.5. The van der Waals surface area contributed by atoms with Crippen LogP contribution in [0.15, 0.2) is 28.9 Å². The fourth-order valence-electron chi connectivity index (χ4n) is 5.55. The number of aromatic nitrogens is 2. The number of amides is 2. The van der Waals surface area contributed by atoms with E-state index >= 15 is 0 Å². The molecule has 178 valence electrons. The van der Waals surface area contributed by atoms with Crippen LogP contribution in [0.25, 0.3) is 11.5 Å². The summed E-state index contributed by atoms with van der Waals surface area (Å²) in [7, 11) is 0. The van der Waals surface area contributed by atoms with E-state index in [1.165, 1.54) is 25.7 Å². The number of likely N-dealkylation sites (tertiary alicyclic amines) is 1. The summed E-state index contributed by atoms with van der Waals surface area (Å²) in [6.07, 6.45) is 10.8. The predicted octanol–water partition coefficient (Wildman–Crippen LogP) is 3.29. The van der Waals surface area contributed by atoms with Gasteiger partial charge in [0.05, 0.1) is 12.8 Å². The largest absolute Gasteiger partial charge is 0.463 e. The molecule has 33 heavy (non-hydrogen) atoms. The van der Waals surface area contributed by atoms with Crippen molar-refractivity contribution in [3.63, 3.8) is 0 Å². The Morgan fingerprint density at radius 3 is 2.61 bits per heavy atom. The van der Waals surface area contributed by atoms with Gasteiger partial charge in [0.15, 0.2) is 5.76 Å². The van der Waals surface area contributed by atoms with Gasteiger partial charge in [0, 0.05) is 25.2 Å². The van der Waals surface area contributed by atoms with E-state index in [1.54, 1.807) is 21.9 Å². The lowest BCUT2D eigenvalue weighted by Crippen LogP contribution is -2.65. The van der Waals surface area contributed by atoms with Gasteiger partial charge in [-0.3, -0.25) is 14.3 Å². The maximum absolute atomic E-state index is 13.7. The molecule has 5 rings (SSSR count). The van der Waals surface area contributed by atoms with E-state index in [-0.39, 0.29) is 17.9 Å². The molecule has 0 spiro atoms. The van der Waals surface area contributed by atoms with Gasteiger partial charge in [-0.1, -0.05) is 25.7 Å². The van der Waals surface area contributed by atoms with E-state index in [0.717, 1.165) is 45.3 Å². The summed E-state index contributed by atoms with van der Waals surface area (Å²) in [6, 6.07) is 5.61. The highest BCUT2D eigenvalue weighted by Crippen LogP contribution is 2.31. The van der Waals surface area contributed by atoms with E-state index in [2.05, 4.69) is 15.3 Å². The van der Waals surface area contributed by atoms with Crippen molar-refractivity contribution in [1.82, 2.24) is 24.9 Å². The molecule has 1 saturated carbocycles. The van der Waals surface area contributed by atoms with Crippen LogP contribution in [0.5, 0.6) is 0 Å². The maximum Gasteiger partial charge on any atom is 0.273 e. The van der Waals surface area contributed by atoms with Crippen LogP contribution in [0.4, 0.5) is 0 Å². The minimum Gasteiger partial charge on any atom is -0.463 e. The number of furan rings is 1. The molecule has 4 heterocycles. The fraction of sp³-hybridized carbons (Fsp3) is 0.640. The Morgan fingerprint density at radius 2 is 1.91 bits per heavy atom. The van der Waals surface area contributed by atoms with Gasteiger partial charge in [0.1, 0.15) is 16.9 Å². The lowest BCUT2D eigenvalue weighted by molar-refractivity contribution is -0.134. The summed E-state index contributed by atoms with van der Waals surface area (Å²) >= 11 is 0. The first-order chi connectivity index (χ1) is 16.0. The summed E-state index contributed by atoms with van der Waals surface area (Å²) in [6.45, 7) is 5.69. The van der Waals surface area contributed by atoms with Gasteiger partial charge in [-0.2, -0.15) is 5.10 Å². The number of nitrogens with one attached hydrogen (secondary N) is 1. The van der Waals surface area contributed by atoms with Crippen LogP contribution in [-0.2, 0) is 11.3 Å². The van der Waals surface area contributed by atoms with E-state index in [1.807, 2.05) is 19.1 Å². The van der Waals surface area contributed by atoms with Crippen LogP contribution < -0.4 is 5.32 Å². The predicted molar refractivity (Wildman–Crippen MR) is 125 cm³/mol. The van der Waals surface area contributed by atoms with Crippen LogP contribution in [-0.4, -0.2) is 69.2 Å². The second-order valence-electron chi connectivity index (χ2n) is 9.99. The Labute approximate surface area is 195 Å². The maximum atomic E-state index is 13.7. The Bertz CT molecular complexity index is 970. The van der Waals surface area contributed by atoms with Gasteiger partial charge in [-0.25, -0.2) is 0 Å². The van der Waals surface area contributed by atoms with Crippen molar-refractivity contribution < 1.29 is 14.0 Å². The molecule has 2 aromatic rings. The number of hydrogen-bond acceptors (Lipinski definition) is 5. The Morgan fingerprint density at radius 1 is 1.15 bits per heavy atom. The minimum absolute atomic E-state index is 0.0649. The molecule has 2 aromatic heterocycles. The zero-order chi connectivity index (χ0) is 22.8. The van der Waals surface area contributed by atoms with E-state index in [4.69, 9.17) is 4.42 Å². The van der Waals surface area contributed by atoms with E-state index in [0.29, 0.717) is 30.2 Å². The first-order valence-electron chi connectivity index (χ1n) is 12.5. The summed E-state index contributed by atoms with van der Waals surface area (Å²) in [4.78, 5) is 31.6. The highest BCUT2D eigenvalue weighted by Gasteiger charge is 2.48. The molecule has 8 nitrogen and oxygen atoms in total. The SMILES string of the molecule is CC1(C(=O)NC2CCCCCC2)Cn2nc(-c3ccco3)cc2C(=O)N1CCN1CCCC1. The third-order valence-electron chi connectivity index (χ3n) is 7.59. The molecule has 1 atom stereocenters. The van der Waals surface area contributed by atoms with Gasteiger partial charge in [-0.15, -0.1) is 0 Å². The molecule has 2 amide bonds.